The van der Waals surface area contributed by atoms with E-state index >= 15 is 0 Å². The van der Waals surface area contributed by atoms with Gasteiger partial charge in [0.05, 0.1) is 11.4 Å². The van der Waals surface area contributed by atoms with Crippen LogP contribution < -0.4 is 20.9 Å². The molecule has 4 aromatic rings. The van der Waals surface area contributed by atoms with Crippen molar-refractivity contribution in [2.24, 2.45) is 0 Å². The number of ether oxygens (including phenoxy) is 2. The summed E-state index contributed by atoms with van der Waals surface area (Å²) in [7, 11) is 0. The fourth-order valence-corrected chi connectivity index (χ4v) is 3.46. The van der Waals surface area contributed by atoms with E-state index in [0.29, 0.717) is 22.9 Å². The third-order valence-corrected chi connectivity index (χ3v) is 5.41. The van der Waals surface area contributed by atoms with Gasteiger partial charge in [0.15, 0.2) is 0 Å². The molecule has 4 nitrogen and oxygen atoms in total. The fraction of sp³-hybridized carbons (Fsp3) is 0.111. The minimum absolute atomic E-state index is 0.275. The minimum Gasteiger partial charge on any atom is -0.455 e. The summed E-state index contributed by atoms with van der Waals surface area (Å²) < 4.78 is 12.1. The van der Waals surface area contributed by atoms with Gasteiger partial charge in [0.1, 0.15) is 23.0 Å². The number of hydrogen-bond donors (Lipinski definition) is 2. The summed E-state index contributed by atoms with van der Waals surface area (Å²) in [6.07, 6.45) is 0. The number of rotatable bonds is 6. The van der Waals surface area contributed by atoms with E-state index in [4.69, 9.17) is 20.9 Å². The normalized spacial score (nSPS) is 11.2. The first-order valence-electron chi connectivity index (χ1n) is 10.2. The van der Waals surface area contributed by atoms with Gasteiger partial charge < -0.3 is 20.9 Å². The number of para-hydroxylation sites is 4. The van der Waals surface area contributed by atoms with Crippen LogP contribution in [-0.4, -0.2) is 0 Å². The Morgan fingerprint density at radius 3 is 1.39 bits per heavy atom. The van der Waals surface area contributed by atoms with E-state index in [0.717, 1.165) is 22.6 Å². The predicted molar refractivity (Wildman–Crippen MR) is 127 cm³/mol. The average molecular weight is 411 g/mol. The molecule has 0 aromatic heterocycles. The summed E-state index contributed by atoms with van der Waals surface area (Å²) in [5, 5.41) is 0. The zero-order chi connectivity index (χ0) is 21.8. The Hall–Kier alpha value is -3.92. The molecule has 0 saturated carbocycles. The van der Waals surface area contributed by atoms with Gasteiger partial charge in [-0.25, -0.2) is 0 Å². The van der Waals surface area contributed by atoms with E-state index in [-0.39, 0.29) is 5.41 Å². The molecule has 0 atom stereocenters. The molecule has 0 spiro atoms. The molecular formula is C27H26N2O2. The molecule has 156 valence electrons. The van der Waals surface area contributed by atoms with Crippen molar-refractivity contribution >= 4 is 11.4 Å². The molecule has 0 radical (unpaired) electrons. The monoisotopic (exact) mass is 410 g/mol. The van der Waals surface area contributed by atoms with E-state index in [1.807, 2.05) is 72.8 Å². The third-order valence-electron chi connectivity index (χ3n) is 5.41. The minimum atomic E-state index is -0.275. The van der Waals surface area contributed by atoms with Gasteiger partial charge in [-0.2, -0.15) is 0 Å². The molecule has 0 saturated heterocycles. The van der Waals surface area contributed by atoms with Gasteiger partial charge in [0, 0.05) is 5.41 Å². The average Bonchev–Trinajstić information content (AvgIpc) is 2.77. The van der Waals surface area contributed by atoms with Crippen molar-refractivity contribution in [3.05, 3.63) is 108 Å². The Bertz CT molecular complexity index is 1110. The molecule has 4 N–H and O–H groups in total. The number of nitrogens with two attached hydrogens (primary N) is 2. The molecule has 4 heteroatoms. The zero-order valence-electron chi connectivity index (χ0n) is 17.7. The van der Waals surface area contributed by atoms with Crippen LogP contribution >= 0.6 is 0 Å². The molecule has 0 bridgehead atoms. The molecule has 0 amide bonds. The second-order valence-electron chi connectivity index (χ2n) is 7.96. The van der Waals surface area contributed by atoms with Crippen molar-refractivity contribution in [2.75, 3.05) is 11.5 Å². The lowest BCUT2D eigenvalue weighted by Gasteiger charge is -2.27. The van der Waals surface area contributed by atoms with Gasteiger partial charge in [0.2, 0.25) is 0 Å². The standard InChI is InChI=1S/C27H26N2O2/c1-27(2,19-9-7-11-21(17-19)30-25-15-5-3-13-23(25)28)20-10-8-12-22(18-20)31-26-16-6-4-14-24(26)29/h3-18H,28-29H2,1-2H3. The molecule has 4 rings (SSSR count). The summed E-state index contributed by atoms with van der Waals surface area (Å²) in [6.45, 7) is 4.36. The van der Waals surface area contributed by atoms with Crippen molar-refractivity contribution < 1.29 is 9.47 Å². The summed E-state index contributed by atoms with van der Waals surface area (Å²) in [5.41, 5.74) is 15.2. The van der Waals surface area contributed by atoms with Gasteiger partial charge >= 0.3 is 0 Å². The van der Waals surface area contributed by atoms with E-state index in [9.17, 15) is 0 Å². The highest BCUT2D eigenvalue weighted by atomic mass is 16.5. The lowest BCUT2D eigenvalue weighted by atomic mass is 9.78. The first-order valence-corrected chi connectivity index (χ1v) is 10.2. The highest BCUT2D eigenvalue weighted by molar-refractivity contribution is 5.55. The summed E-state index contributed by atoms with van der Waals surface area (Å²) in [4.78, 5) is 0. The van der Waals surface area contributed by atoms with Crippen LogP contribution in [0.3, 0.4) is 0 Å². The van der Waals surface area contributed by atoms with Gasteiger partial charge in [0.25, 0.3) is 0 Å². The van der Waals surface area contributed by atoms with Crippen LogP contribution in [0, 0.1) is 0 Å². The van der Waals surface area contributed by atoms with Crippen LogP contribution in [0.2, 0.25) is 0 Å². The van der Waals surface area contributed by atoms with Crippen molar-refractivity contribution in [3.8, 4) is 23.0 Å². The first-order chi connectivity index (χ1) is 14.9. The van der Waals surface area contributed by atoms with Crippen LogP contribution in [0.25, 0.3) is 0 Å². The molecule has 0 unspecified atom stereocenters. The van der Waals surface area contributed by atoms with Crippen LogP contribution in [-0.2, 0) is 5.41 Å². The second-order valence-corrected chi connectivity index (χ2v) is 7.96. The summed E-state index contributed by atoms with van der Waals surface area (Å²) in [6, 6.07) is 31.1. The fourth-order valence-electron chi connectivity index (χ4n) is 3.46. The number of hydrogen-bond acceptors (Lipinski definition) is 4. The van der Waals surface area contributed by atoms with Crippen molar-refractivity contribution in [1.29, 1.82) is 0 Å². The van der Waals surface area contributed by atoms with Crippen LogP contribution in [0.4, 0.5) is 11.4 Å². The number of anilines is 2. The predicted octanol–water partition coefficient (Wildman–Crippen LogP) is 6.76. The van der Waals surface area contributed by atoms with Crippen LogP contribution in [0.15, 0.2) is 97.1 Å². The van der Waals surface area contributed by atoms with E-state index in [1.54, 1.807) is 0 Å². The highest BCUT2D eigenvalue weighted by Gasteiger charge is 2.24. The smallest absolute Gasteiger partial charge is 0.150 e. The van der Waals surface area contributed by atoms with Crippen LogP contribution in [0.1, 0.15) is 25.0 Å². The summed E-state index contributed by atoms with van der Waals surface area (Å²) in [5.74, 6) is 2.78. The maximum absolute atomic E-state index is 6.03. The molecule has 0 aliphatic rings. The number of benzene rings is 4. The lowest BCUT2D eigenvalue weighted by molar-refractivity contribution is 0.479. The van der Waals surface area contributed by atoms with Gasteiger partial charge in [-0.15, -0.1) is 0 Å². The Labute approximate surface area is 183 Å². The molecule has 0 aliphatic carbocycles. The Morgan fingerprint density at radius 1 is 0.548 bits per heavy atom. The molecular weight excluding hydrogens is 384 g/mol. The van der Waals surface area contributed by atoms with Gasteiger partial charge in [-0.1, -0.05) is 62.4 Å². The molecule has 0 fully saturated rings. The maximum Gasteiger partial charge on any atom is 0.150 e. The molecule has 0 heterocycles. The van der Waals surface area contributed by atoms with Gasteiger partial charge in [-0.3, -0.25) is 0 Å². The third kappa shape index (κ3) is 4.48. The SMILES string of the molecule is CC(C)(c1cccc(Oc2ccccc2N)c1)c1cccc(Oc2ccccc2N)c1. The largest absolute Gasteiger partial charge is 0.455 e. The van der Waals surface area contributed by atoms with Crippen LogP contribution in [0.5, 0.6) is 23.0 Å². The highest BCUT2D eigenvalue weighted by Crippen LogP contribution is 2.37. The zero-order valence-corrected chi connectivity index (χ0v) is 17.7. The Balaban J connectivity index is 1.61. The van der Waals surface area contributed by atoms with E-state index < -0.39 is 0 Å². The second kappa shape index (κ2) is 8.44. The van der Waals surface area contributed by atoms with Crippen molar-refractivity contribution in [1.82, 2.24) is 0 Å². The quantitative estimate of drug-likeness (QED) is 0.344. The van der Waals surface area contributed by atoms with Crippen molar-refractivity contribution in [2.45, 2.75) is 19.3 Å². The molecule has 0 aliphatic heterocycles. The lowest BCUT2D eigenvalue weighted by Crippen LogP contribution is -2.18. The molecule has 4 aromatic carbocycles. The number of nitrogen functional groups attached to an aromatic ring is 2. The summed E-state index contributed by atoms with van der Waals surface area (Å²) >= 11 is 0. The van der Waals surface area contributed by atoms with Crippen molar-refractivity contribution in [3.63, 3.8) is 0 Å². The Kier molecular flexibility index (Phi) is 5.54. The maximum atomic E-state index is 6.03. The molecule has 31 heavy (non-hydrogen) atoms. The van der Waals surface area contributed by atoms with E-state index in [1.165, 1.54) is 0 Å². The van der Waals surface area contributed by atoms with E-state index in [2.05, 4.69) is 38.1 Å². The Morgan fingerprint density at radius 2 is 0.968 bits per heavy atom. The first kappa shape index (κ1) is 20.4. The van der Waals surface area contributed by atoms with Gasteiger partial charge in [-0.05, 0) is 59.7 Å². The topological polar surface area (TPSA) is 70.5 Å².